The van der Waals surface area contributed by atoms with Crippen molar-refractivity contribution in [2.75, 3.05) is 19.7 Å². The lowest BCUT2D eigenvalue weighted by Gasteiger charge is -2.08. The summed E-state index contributed by atoms with van der Waals surface area (Å²) in [6.07, 6.45) is 0.319. The van der Waals surface area contributed by atoms with Gasteiger partial charge in [0.1, 0.15) is 0 Å². The lowest BCUT2D eigenvalue weighted by atomic mass is 10.2. The Morgan fingerprint density at radius 3 is 2.64 bits per heavy atom. The van der Waals surface area contributed by atoms with Gasteiger partial charge in [0.25, 0.3) is 0 Å². The van der Waals surface area contributed by atoms with Crippen LogP contribution in [-0.2, 0) is 14.3 Å². The second-order valence-electron chi connectivity index (χ2n) is 3.06. The zero-order valence-electron chi connectivity index (χ0n) is 8.71. The molecule has 1 atom stereocenters. The zero-order chi connectivity index (χ0) is 11.0. The van der Waals surface area contributed by atoms with Crippen LogP contribution in [0.4, 0.5) is 0 Å². The van der Waals surface area contributed by atoms with Gasteiger partial charge < -0.3 is 15.8 Å². The van der Waals surface area contributed by atoms with Crippen molar-refractivity contribution in [2.24, 2.45) is 11.7 Å². The van der Waals surface area contributed by atoms with Crippen molar-refractivity contribution in [3.8, 4) is 0 Å². The highest BCUT2D eigenvalue weighted by Crippen LogP contribution is 1.90. The molecule has 0 aliphatic heterocycles. The third kappa shape index (κ3) is 6.42. The number of carbonyl (C=O) groups excluding carboxylic acids is 2. The molecule has 0 aromatic heterocycles. The molecule has 0 aromatic carbocycles. The Bertz CT molecular complexity index is 194. The number of nitrogens with one attached hydrogen (secondary N) is 1. The van der Waals surface area contributed by atoms with E-state index in [1.54, 1.807) is 13.8 Å². The molecule has 0 fully saturated rings. The second kappa shape index (κ2) is 7.32. The van der Waals surface area contributed by atoms with Gasteiger partial charge in [0.15, 0.2) is 0 Å². The molecule has 0 heterocycles. The van der Waals surface area contributed by atoms with Gasteiger partial charge in [0.05, 0.1) is 13.0 Å². The smallest absolute Gasteiger partial charge is 0.307 e. The third-order valence-electron chi connectivity index (χ3n) is 1.75. The number of hydrogen-bond donors (Lipinski definition) is 2. The van der Waals surface area contributed by atoms with Crippen LogP contribution in [0.25, 0.3) is 0 Å². The first-order valence-electron chi connectivity index (χ1n) is 4.73. The standard InChI is InChI=1S/C9H18N2O3/c1-3-14-8(12)4-5-11-6-7(2)9(10)13/h7,11H,3-6H2,1-2H3,(H2,10,13). The molecule has 0 saturated carbocycles. The molecule has 5 heteroatoms. The maximum Gasteiger partial charge on any atom is 0.307 e. The predicted octanol–water partition coefficient (Wildman–Crippen LogP) is -0.349. The van der Waals surface area contributed by atoms with Gasteiger partial charge in [-0.3, -0.25) is 9.59 Å². The summed E-state index contributed by atoms with van der Waals surface area (Å²) in [5.41, 5.74) is 5.06. The van der Waals surface area contributed by atoms with Crippen LogP contribution < -0.4 is 11.1 Å². The fourth-order valence-electron chi connectivity index (χ4n) is 0.843. The van der Waals surface area contributed by atoms with Crippen LogP contribution >= 0.6 is 0 Å². The van der Waals surface area contributed by atoms with Gasteiger partial charge >= 0.3 is 5.97 Å². The molecule has 3 N–H and O–H groups in total. The molecule has 82 valence electrons. The van der Waals surface area contributed by atoms with Gasteiger partial charge in [-0.2, -0.15) is 0 Å². The Morgan fingerprint density at radius 2 is 2.14 bits per heavy atom. The summed E-state index contributed by atoms with van der Waals surface area (Å²) in [4.78, 5) is 21.5. The summed E-state index contributed by atoms with van der Waals surface area (Å²) in [7, 11) is 0. The van der Waals surface area contributed by atoms with Gasteiger partial charge in [0.2, 0.25) is 5.91 Å². The van der Waals surface area contributed by atoms with Gasteiger partial charge in [-0.1, -0.05) is 6.92 Å². The molecule has 0 rings (SSSR count). The summed E-state index contributed by atoms with van der Waals surface area (Å²) in [5, 5.41) is 2.95. The molecule has 0 radical (unpaired) electrons. The van der Waals surface area contributed by atoms with Crippen LogP contribution in [0.3, 0.4) is 0 Å². The average molecular weight is 202 g/mol. The van der Waals surface area contributed by atoms with Crippen LogP contribution in [0, 0.1) is 5.92 Å². The number of nitrogens with two attached hydrogens (primary N) is 1. The largest absolute Gasteiger partial charge is 0.466 e. The van der Waals surface area contributed by atoms with E-state index in [1.165, 1.54) is 0 Å². The normalized spacial score (nSPS) is 12.1. The van der Waals surface area contributed by atoms with E-state index in [0.717, 1.165) is 0 Å². The van der Waals surface area contributed by atoms with Crippen molar-refractivity contribution in [1.29, 1.82) is 0 Å². The molecule has 1 unspecified atom stereocenters. The minimum Gasteiger partial charge on any atom is -0.466 e. The lowest BCUT2D eigenvalue weighted by Crippen LogP contribution is -2.32. The van der Waals surface area contributed by atoms with E-state index in [1.807, 2.05) is 0 Å². The topological polar surface area (TPSA) is 81.4 Å². The van der Waals surface area contributed by atoms with Crippen molar-refractivity contribution < 1.29 is 14.3 Å². The first-order chi connectivity index (χ1) is 6.57. The molecule has 0 aliphatic rings. The van der Waals surface area contributed by atoms with Crippen LogP contribution in [0.1, 0.15) is 20.3 Å². The Kier molecular flexibility index (Phi) is 6.74. The van der Waals surface area contributed by atoms with Crippen molar-refractivity contribution >= 4 is 11.9 Å². The first kappa shape index (κ1) is 12.9. The van der Waals surface area contributed by atoms with Crippen molar-refractivity contribution in [2.45, 2.75) is 20.3 Å². The summed E-state index contributed by atoms with van der Waals surface area (Å²) in [6.45, 7) is 4.90. The minimum atomic E-state index is -0.339. The number of rotatable bonds is 7. The van der Waals surface area contributed by atoms with E-state index in [2.05, 4.69) is 5.32 Å². The zero-order valence-corrected chi connectivity index (χ0v) is 8.71. The Morgan fingerprint density at radius 1 is 1.50 bits per heavy atom. The quantitative estimate of drug-likeness (QED) is 0.437. The molecule has 5 nitrogen and oxygen atoms in total. The summed E-state index contributed by atoms with van der Waals surface area (Å²) in [6, 6.07) is 0. The monoisotopic (exact) mass is 202 g/mol. The number of esters is 1. The SMILES string of the molecule is CCOC(=O)CCNCC(C)C(N)=O. The number of ether oxygens (including phenoxy) is 1. The van der Waals surface area contributed by atoms with Crippen molar-refractivity contribution in [3.05, 3.63) is 0 Å². The molecular weight excluding hydrogens is 184 g/mol. The van der Waals surface area contributed by atoms with Gasteiger partial charge in [0, 0.05) is 19.0 Å². The van der Waals surface area contributed by atoms with Crippen LogP contribution in [-0.4, -0.2) is 31.6 Å². The highest BCUT2D eigenvalue weighted by molar-refractivity contribution is 5.76. The number of hydrogen-bond acceptors (Lipinski definition) is 4. The van der Waals surface area contributed by atoms with E-state index in [9.17, 15) is 9.59 Å². The Hall–Kier alpha value is -1.10. The maximum atomic E-state index is 10.9. The van der Waals surface area contributed by atoms with E-state index in [4.69, 9.17) is 10.5 Å². The molecule has 0 saturated heterocycles. The number of amides is 1. The van der Waals surface area contributed by atoms with Crippen LogP contribution in [0.5, 0.6) is 0 Å². The maximum absolute atomic E-state index is 10.9. The molecule has 0 aromatic rings. The molecule has 14 heavy (non-hydrogen) atoms. The fourth-order valence-corrected chi connectivity index (χ4v) is 0.843. The van der Waals surface area contributed by atoms with E-state index < -0.39 is 0 Å². The Labute approximate surface area is 84.0 Å². The number of primary amides is 1. The molecular formula is C9H18N2O3. The van der Waals surface area contributed by atoms with Crippen molar-refractivity contribution in [3.63, 3.8) is 0 Å². The van der Waals surface area contributed by atoms with E-state index >= 15 is 0 Å². The average Bonchev–Trinajstić information content (AvgIpc) is 2.12. The van der Waals surface area contributed by atoms with E-state index in [-0.39, 0.29) is 17.8 Å². The molecule has 0 bridgehead atoms. The first-order valence-corrected chi connectivity index (χ1v) is 4.73. The predicted molar refractivity (Wildman–Crippen MR) is 52.5 cm³/mol. The summed E-state index contributed by atoms with van der Waals surface area (Å²) >= 11 is 0. The third-order valence-corrected chi connectivity index (χ3v) is 1.75. The van der Waals surface area contributed by atoms with E-state index in [0.29, 0.717) is 26.1 Å². The highest BCUT2D eigenvalue weighted by atomic mass is 16.5. The minimum absolute atomic E-state index is 0.211. The Balaban J connectivity index is 3.37. The molecule has 0 spiro atoms. The number of carbonyl (C=O) groups is 2. The molecule has 0 aliphatic carbocycles. The van der Waals surface area contributed by atoms with Gasteiger partial charge in [-0.05, 0) is 6.92 Å². The van der Waals surface area contributed by atoms with Crippen molar-refractivity contribution in [1.82, 2.24) is 5.32 Å². The molecule has 1 amide bonds. The second-order valence-corrected chi connectivity index (χ2v) is 3.06. The summed E-state index contributed by atoms with van der Waals surface area (Å²) in [5.74, 6) is -0.780. The van der Waals surface area contributed by atoms with Gasteiger partial charge in [-0.25, -0.2) is 0 Å². The van der Waals surface area contributed by atoms with Crippen LogP contribution in [0.15, 0.2) is 0 Å². The van der Waals surface area contributed by atoms with Crippen LogP contribution in [0.2, 0.25) is 0 Å². The highest BCUT2D eigenvalue weighted by Gasteiger charge is 2.07. The fraction of sp³-hybridized carbons (Fsp3) is 0.778. The van der Waals surface area contributed by atoms with Gasteiger partial charge in [-0.15, -0.1) is 0 Å². The lowest BCUT2D eigenvalue weighted by molar-refractivity contribution is -0.142. The summed E-state index contributed by atoms with van der Waals surface area (Å²) < 4.78 is 4.73.